The first-order chi connectivity index (χ1) is 6.28. The molecular formula is C12H23F3. The molecule has 0 aromatic rings. The van der Waals surface area contributed by atoms with Crippen LogP contribution in [0.5, 0.6) is 0 Å². The van der Waals surface area contributed by atoms with Crippen LogP contribution in [0.4, 0.5) is 13.2 Å². The summed E-state index contributed by atoms with van der Waals surface area (Å²) in [6.07, 6.45) is -4.12. The van der Waals surface area contributed by atoms with E-state index in [1.54, 1.807) is 27.7 Å². The first-order valence-corrected chi connectivity index (χ1v) is 5.34. The van der Waals surface area contributed by atoms with E-state index in [1.807, 2.05) is 20.8 Å². The van der Waals surface area contributed by atoms with Gasteiger partial charge in [-0.25, -0.2) is 0 Å². The van der Waals surface area contributed by atoms with Crippen molar-refractivity contribution in [3.05, 3.63) is 0 Å². The molecule has 0 aliphatic heterocycles. The number of hydrogen-bond acceptors (Lipinski definition) is 0. The normalized spacial score (nSPS) is 18.8. The van der Waals surface area contributed by atoms with Gasteiger partial charge in [-0.3, -0.25) is 0 Å². The lowest BCUT2D eigenvalue weighted by Gasteiger charge is -2.42. The van der Waals surface area contributed by atoms with Crippen LogP contribution >= 0.6 is 0 Å². The highest BCUT2D eigenvalue weighted by atomic mass is 19.4. The standard InChI is InChI=1S/C12H23F3/c1-8(10(2,3)4)9(11(5,6)7)12(13,14)15/h8-9H,1-7H3. The molecule has 0 aromatic carbocycles. The summed E-state index contributed by atoms with van der Waals surface area (Å²) < 4.78 is 39.0. The number of halogens is 3. The first-order valence-electron chi connectivity index (χ1n) is 5.34. The molecule has 0 aromatic heterocycles. The summed E-state index contributed by atoms with van der Waals surface area (Å²) in [5, 5.41) is 0. The van der Waals surface area contributed by atoms with Gasteiger partial charge in [-0.1, -0.05) is 48.5 Å². The van der Waals surface area contributed by atoms with Crippen LogP contribution in [0, 0.1) is 22.7 Å². The fourth-order valence-electron chi connectivity index (χ4n) is 2.02. The van der Waals surface area contributed by atoms with Crippen molar-refractivity contribution in [3.8, 4) is 0 Å². The van der Waals surface area contributed by atoms with E-state index in [0.717, 1.165) is 0 Å². The van der Waals surface area contributed by atoms with E-state index < -0.39 is 23.4 Å². The van der Waals surface area contributed by atoms with Crippen molar-refractivity contribution in [2.45, 2.75) is 54.6 Å². The van der Waals surface area contributed by atoms with E-state index in [2.05, 4.69) is 0 Å². The number of alkyl halides is 3. The SMILES string of the molecule is CC(C(C(C)(C)C)C(F)(F)F)C(C)(C)C. The molecule has 15 heavy (non-hydrogen) atoms. The zero-order valence-corrected chi connectivity index (χ0v) is 10.8. The van der Waals surface area contributed by atoms with Crippen LogP contribution in [0.2, 0.25) is 0 Å². The monoisotopic (exact) mass is 224 g/mol. The second kappa shape index (κ2) is 3.99. The molecule has 3 heteroatoms. The predicted molar refractivity (Wildman–Crippen MR) is 57.6 cm³/mol. The van der Waals surface area contributed by atoms with Crippen molar-refractivity contribution in [1.82, 2.24) is 0 Å². The van der Waals surface area contributed by atoms with Gasteiger partial charge in [-0.2, -0.15) is 13.2 Å². The summed E-state index contributed by atoms with van der Waals surface area (Å²) in [6.45, 7) is 12.3. The Labute approximate surface area is 91.3 Å². The highest BCUT2D eigenvalue weighted by molar-refractivity contribution is 4.88. The minimum atomic E-state index is -4.12. The molecule has 0 saturated carbocycles. The highest BCUT2D eigenvalue weighted by Gasteiger charge is 2.51. The number of hydrogen-bond donors (Lipinski definition) is 0. The molecule has 0 fully saturated rings. The second-order valence-electron chi connectivity index (χ2n) is 6.54. The molecule has 2 unspecified atom stereocenters. The molecule has 0 saturated heterocycles. The molecule has 0 rings (SSSR count). The third-order valence-electron chi connectivity index (χ3n) is 3.15. The van der Waals surface area contributed by atoms with Crippen molar-refractivity contribution in [3.63, 3.8) is 0 Å². The smallest absolute Gasteiger partial charge is 0.171 e. The molecule has 92 valence electrons. The minimum absolute atomic E-state index is 0.326. The van der Waals surface area contributed by atoms with Crippen molar-refractivity contribution in [2.24, 2.45) is 22.7 Å². The zero-order valence-electron chi connectivity index (χ0n) is 10.8. The lowest BCUT2D eigenvalue weighted by molar-refractivity contribution is -0.224. The van der Waals surface area contributed by atoms with Gasteiger partial charge in [0.25, 0.3) is 0 Å². The Balaban J connectivity index is 5.16. The van der Waals surface area contributed by atoms with Crippen LogP contribution in [-0.2, 0) is 0 Å². The summed E-state index contributed by atoms with van der Waals surface area (Å²) >= 11 is 0. The van der Waals surface area contributed by atoms with Crippen LogP contribution in [0.15, 0.2) is 0 Å². The van der Waals surface area contributed by atoms with Gasteiger partial charge in [0, 0.05) is 0 Å². The maximum Gasteiger partial charge on any atom is 0.392 e. The Hall–Kier alpha value is -0.210. The molecule has 0 amide bonds. The van der Waals surface area contributed by atoms with Crippen molar-refractivity contribution in [2.75, 3.05) is 0 Å². The van der Waals surface area contributed by atoms with Crippen LogP contribution in [0.1, 0.15) is 48.5 Å². The lowest BCUT2D eigenvalue weighted by atomic mass is 9.65. The summed E-state index contributed by atoms with van der Waals surface area (Å²) in [6, 6.07) is 0. The predicted octanol–water partition coefficient (Wildman–Crippen LogP) is 4.89. The fraction of sp³-hybridized carbons (Fsp3) is 1.00. The van der Waals surface area contributed by atoms with Crippen molar-refractivity contribution in [1.29, 1.82) is 0 Å². The Morgan fingerprint density at radius 3 is 1.13 bits per heavy atom. The van der Waals surface area contributed by atoms with Crippen LogP contribution in [0.3, 0.4) is 0 Å². The fourth-order valence-corrected chi connectivity index (χ4v) is 2.02. The number of rotatable bonds is 1. The molecule has 0 radical (unpaired) electrons. The molecule has 0 N–H and O–H groups in total. The van der Waals surface area contributed by atoms with E-state index in [0.29, 0.717) is 0 Å². The molecule has 0 nitrogen and oxygen atoms in total. The zero-order chi connectivity index (χ0) is 12.7. The van der Waals surface area contributed by atoms with E-state index in [4.69, 9.17) is 0 Å². The Bertz CT molecular complexity index is 188. The molecular weight excluding hydrogens is 201 g/mol. The quantitative estimate of drug-likeness (QED) is 0.594. The third-order valence-corrected chi connectivity index (χ3v) is 3.15. The Morgan fingerprint density at radius 2 is 1.07 bits per heavy atom. The molecule has 2 atom stereocenters. The van der Waals surface area contributed by atoms with E-state index >= 15 is 0 Å². The second-order valence-corrected chi connectivity index (χ2v) is 6.54. The molecule has 0 aliphatic rings. The Morgan fingerprint density at radius 1 is 0.733 bits per heavy atom. The van der Waals surface area contributed by atoms with Crippen molar-refractivity contribution >= 4 is 0 Å². The molecule has 0 aliphatic carbocycles. The Kier molecular flexibility index (Phi) is 3.93. The molecule has 0 spiro atoms. The summed E-state index contributed by atoms with van der Waals surface area (Å²) in [5.74, 6) is -1.65. The minimum Gasteiger partial charge on any atom is -0.171 e. The average Bonchev–Trinajstić information content (AvgIpc) is 1.76. The summed E-state index contributed by atoms with van der Waals surface area (Å²) in [4.78, 5) is 0. The topological polar surface area (TPSA) is 0 Å². The van der Waals surface area contributed by atoms with Crippen LogP contribution in [-0.4, -0.2) is 6.18 Å². The summed E-state index contributed by atoms with van der Waals surface area (Å²) in [5.41, 5.74) is -1.07. The third kappa shape index (κ3) is 4.04. The molecule has 0 heterocycles. The van der Waals surface area contributed by atoms with Gasteiger partial charge in [-0.05, 0) is 16.7 Å². The van der Waals surface area contributed by atoms with Gasteiger partial charge in [-0.15, -0.1) is 0 Å². The van der Waals surface area contributed by atoms with Gasteiger partial charge in [0.1, 0.15) is 0 Å². The largest absolute Gasteiger partial charge is 0.392 e. The average molecular weight is 224 g/mol. The summed E-state index contributed by atoms with van der Waals surface area (Å²) in [7, 11) is 0. The van der Waals surface area contributed by atoms with Crippen LogP contribution in [0.25, 0.3) is 0 Å². The van der Waals surface area contributed by atoms with Gasteiger partial charge in [0.2, 0.25) is 0 Å². The lowest BCUT2D eigenvalue weighted by Crippen LogP contribution is -2.43. The van der Waals surface area contributed by atoms with E-state index in [1.165, 1.54) is 0 Å². The van der Waals surface area contributed by atoms with Gasteiger partial charge in [0.15, 0.2) is 0 Å². The van der Waals surface area contributed by atoms with Crippen molar-refractivity contribution < 1.29 is 13.2 Å². The van der Waals surface area contributed by atoms with E-state index in [9.17, 15) is 13.2 Å². The van der Waals surface area contributed by atoms with Gasteiger partial charge >= 0.3 is 6.18 Å². The maximum atomic E-state index is 13.0. The highest BCUT2D eigenvalue weighted by Crippen LogP contribution is 2.49. The first kappa shape index (κ1) is 14.8. The van der Waals surface area contributed by atoms with E-state index in [-0.39, 0.29) is 5.41 Å². The molecule has 0 bridgehead atoms. The maximum absolute atomic E-state index is 13.0. The van der Waals surface area contributed by atoms with Gasteiger partial charge in [0.05, 0.1) is 5.92 Å². The van der Waals surface area contributed by atoms with Gasteiger partial charge < -0.3 is 0 Å². The van der Waals surface area contributed by atoms with Crippen LogP contribution < -0.4 is 0 Å².